The number of aryl methyl sites for hydroxylation is 2. The fourth-order valence-electron chi connectivity index (χ4n) is 2.70. The van der Waals surface area contributed by atoms with Crippen LogP contribution >= 0.6 is 11.3 Å². The molecule has 0 fully saturated rings. The van der Waals surface area contributed by atoms with Crippen molar-refractivity contribution >= 4 is 11.3 Å². The molecule has 1 aliphatic carbocycles. The van der Waals surface area contributed by atoms with Crippen LogP contribution < -0.4 is 5.32 Å². The van der Waals surface area contributed by atoms with Crippen molar-refractivity contribution in [3.05, 3.63) is 23.0 Å². The predicted molar refractivity (Wildman–Crippen MR) is 83.0 cm³/mol. The van der Waals surface area contributed by atoms with Gasteiger partial charge in [-0.3, -0.25) is 4.68 Å². The normalized spacial score (nSPS) is 18.2. The standard InChI is InChI=1S/C15H22N4S/c1-3-8-16-12-6-5-7-13-14(12)20-15(18-13)11-9-17-19(4-2)10-11/h9-10,12,16H,3-8H2,1-2H3. The number of hydrogen-bond donors (Lipinski definition) is 1. The fraction of sp³-hybridized carbons (Fsp3) is 0.600. The lowest BCUT2D eigenvalue weighted by atomic mass is 9.98. The minimum Gasteiger partial charge on any atom is -0.309 e. The van der Waals surface area contributed by atoms with Crippen LogP contribution in [0.1, 0.15) is 49.7 Å². The summed E-state index contributed by atoms with van der Waals surface area (Å²) < 4.78 is 1.96. The van der Waals surface area contributed by atoms with E-state index in [4.69, 9.17) is 4.98 Å². The second-order valence-electron chi connectivity index (χ2n) is 5.31. The minimum atomic E-state index is 0.506. The maximum Gasteiger partial charge on any atom is 0.127 e. The molecule has 4 nitrogen and oxygen atoms in total. The zero-order chi connectivity index (χ0) is 13.9. The summed E-state index contributed by atoms with van der Waals surface area (Å²) >= 11 is 1.84. The Morgan fingerprint density at radius 3 is 3.10 bits per heavy atom. The van der Waals surface area contributed by atoms with E-state index in [-0.39, 0.29) is 0 Å². The van der Waals surface area contributed by atoms with Gasteiger partial charge >= 0.3 is 0 Å². The lowest BCUT2D eigenvalue weighted by molar-refractivity contribution is 0.465. The molecule has 0 spiro atoms. The maximum atomic E-state index is 4.85. The van der Waals surface area contributed by atoms with Crippen LogP contribution in [-0.4, -0.2) is 21.3 Å². The molecule has 0 aliphatic heterocycles. The third-order valence-corrected chi connectivity index (χ3v) is 5.06. The summed E-state index contributed by atoms with van der Waals surface area (Å²) in [4.78, 5) is 6.30. The molecule has 0 radical (unpaired) electrons. The Labute approximate surface area is 124 Å². The number of nitrogens with zero attached hydrogens (tertiary/aromatic N) is 3. The van der Waals surface area contributed by atoms with Gasteiger partial charge in [0.25, 0.3) is 0 Å². The number of aromatic nitrogens is 3. The Balaban J connectivity index is 1.86. The maximum absolute atomic E-state index is 4.85. The molecule has 1 N–H and O–H groups in total. The van der Waals surface area contributed by atoms with Gasteiger partial charge in [-0.25, -0.2) is 4.98 Å². The van der Waals surface area contributed by atoms with Crippen molar-refractivity contribution in [1.29, 1.82) is 0 Å². The van der Waals surface area contributed by atoms with Gasteiger partial charge in [0, 0.05) is 29.2 Å². The van der Waals surface area contributed by atoms with Gasteiger partial charge in [-0.2, -0.15) is 5.10 Å². The molecule has 0 saturated heterocycles. The highest BCUT2D eigenvalue weighted by atomic mass is 32.1. The summed E-state index contributed by atoms with van der Waals surface area (Å²) in [5.41, 5.74) is 2.45. The molecule has 0 amide bonds. The first kappa shape index (κ1) is 13.8. The zero-order valence-corrected chi connectivity index (χ0v) is 13.0. The molecule has 20 heavy (non-hydrogen) atoms. The Bertz CT molecular complexity index is 572. The van der Waals surface area contributed by atoms with E-state index in [0.29, 0.717) is 6.04 Å². The summed E-state index contributed by atoms with van der Waals surface area (Å²) in [6.45, 7) is 6.32. The molecule has 1 atom stereocenters. The van der Waals surface area contributed by atoms with E-state index in [0.717, 1.165) is 30.1 Å². The molecule has 1 unspecified atom stereocenters. The quantitative estimate of drug-likeness (QED) is 0.917. The molecular weight excluding hydrogens is 268 g/mol. The van der Waals surface area contributed by atoms with Crippen LogP contribution in [0.3, 0.4) is 0 Å². The van der Waals surface area contributed by atoms with Crippen LogP contribution in [0.5, 0.6) is 0 Å². The third-order valence-electron chi connectivity index (χ3n) is 3.80. The number of nitrogens with one attached hydrogen (secondary N) is 1. The Hall–Kier alpha value is -1.20. The van der Waals surface area contributed by atoms with Gasteiger partial charge in [0.1, 0.15) is 5.01 Å². The first-order valence-electron chi connectivity index (χ1n) is 7.57. The van der Waals surface area contributed by atoms with E-state index in [9.17, 15) is 0 Å². The van der Waals surface area contributed by atoms with Crippen LogP contribution in [0.15, 0.2) is 12.4 Å². The Morgan fingerprint density at radius 2 is 2.35 bits per heavy atom. The fourth-order valence-corrected chi connectivity index (χ4v) is 3.90. The van der Waals surface area contributed by atoms with Gasteiger partial charge in [-0.15, -0.1) is 11.3 Å². The van der Waals surface area contributed by atoms with Gasteiger partial charge < -0.3 is 5.32 Å². The lowest BCUT2D eigenvalue weighted by Crippen LogP contribution is -2.24. The van der Waals surface area contributed by atoms with Crippen LogP contribution in [0.2, 0.25) is 0 Å². The Morgan fingerprint density at radius 1 is 1.45 bits per heavy atom. The second-order valence-corrected chi connectivity index (χ2v) is 6.34. The molecule has 2 aromatic heterocycles. The zero-order valence-electron chi connectivity index (χ0n) is 12.2. The van der Waals surface area contributed by atoms with Crippen molar-refractivity contribution in [2.45, 2.75) is 52.1 Å². The number of thiazole rings is 1. The summed E-state index contributed by atoms with van der Waals surface area (Å²) in [6, 6.07) is 0.506. The van der Waals surface area contributed by atoms with Gasteiger partial charge in [0.05, 0.1) is 11.9 Å². The molecule has 0 bridgehead atoms. The molecule has 108 valence electrons. The predicted octanol–water partition coefficient (Wildman–Crippen LogP) is 3.40. The van der Waals surface area contributed by atoms with E-state index in [2.05, 4.69) is 30.5 Å². The molecule has 2 heterocycles. The topological polar surface area (TPSA) is 42.7 Å². The van der Waals surface area contributed by atoms with Crippen LogP contribution in [-0.2, 0) is 13.0 Å². The SMILES string of the molecule is CCCNC1CCCc2nc(-c3cnn(CC)c3)sc21. The summed E-state index contributed by atoms with van der Waals surface area (Å²) in [6.07, 6.45) is 8.81. The summed E-state index contributed by atoms with van der Waals surface area (Å²) in [5.74, 6) is 0. The highest BCUT2D eigenvalue weighted by molar-refractivity contribution is 7.15. The Kier molecular flexibility index (Phi) is 4.17. The first-order chi connectivity index (χ1) is 9.81. The van der Waals surface area contributed by atoms with E-state index < -0.39 is 0 Å². The summed E-state index contributed by atoms with van der Waals surface area (Å²) in [5, 5.41) is 9.14. The molecule has 5 heteroatoms. The van der Waals surface area contributed by atoms with Crippen molar-refractivity contribution in [3.8, 4) is 10.6 Å². The van der Waals surface area contributed by atoms with Gasteiger partial charge in [0.2, 0.25) is 0 Å². The lowest BCUT2D eigenvalue weighted by Gasteiger charge is -2.22. The molecule has 2 aromatic rings. The van der Waals surface area contributed by atoms with Crippen LogP contribution in [0, 0.1) is 0 Å². The molecule has 3 rings (SSSR count). The van der Waals surface area contributed by atoms with Crippen molar-refractivity contribution in [2.75, 3.05) is 6.54 Å². The van der Waals surface area contributed by atoms with Crippen molar-refractivity contribution in [1.82, 2.24) is 20.1 Å². The highest BCUT2D eigenvalue weighted by Crippen LogP contribution is 2.37. The average Bonchev–Trinajstić information content (AvgIpc) is 3.10. The van der Waals surface area contributed by atoms with Gasteiger partial charge in [-0.05, 0) is 39.2 Å². The first-order valence-corrected chi connectivity index (χ1v) is 8.39. The largest absolute Gasteiger partial charge is 0.309 e. The molecule has 1 aliphatic rings. The third kappa shape index (κ3) is 2.65. The van der Waals surface area contributed by atoms with Crippen molar-refractivity contribution < 1.29 is 0 Å². The summed E-state index contributed by atoms with van der Waals surface area (Å²) in [7, 11) is 0. The molecular formula is C15H22N4S. The van der Waals surface area contributed by atoms with Crippen molar-refractivity contribution in [2.24, 2.45) is 0 Å². The van der Waals surface area contributed by atoms with E-state index >= 15 is 0 Å². The second kappa shape index (κ2) is 6.06. The van der Waals surface area contributed by atoms with Crippen LogP contribution in [0.4, 0.5) is 0 Å². The molecule has 0 saturated carbocycles. The monoisotopic (exact) mass is 290 g/mol. The van der Waals surface area contributed by atoms with E-state index in [1.807, 2.05) is 22.2 Å². The smallest absolute Gasteiger partial charge is 0.127 e. The van der Waals surface area contributed by atoms with Crippen molar-refractivity contribution in [3.63, 3.8) is 0 Å². The van der Waals surface area contributed by atoms with E-state index in [1.165, 1.54) is 29.8 Å². The highest BCUT2D eigenvalue weighted by Gasteiger charge is 2.24. The minimum absolute atomic E-state index is 0.506. The number of hydrogen-bond acceptors (Lipinski definition) is 4. The van der Waals surface area contributed by atoms with Gasteiger partial charge in [-0.1, -0.05) is 6.92 Å². The number of fused-ring (bicyclic) bond motifs is 1. The number of rotatable bonds is 5. The molecule has 0 aromatic carbocycles. The van der Waals surface area contributed by atoms with Gasteiger partial charge in [0.15, 0.2) is 0 Å². The van der Waals surface area contributed by atoms with Crippen LogP contribution in [0.25, 0.3) is 10.6 Å². The van der Waals surface area contributed by atoms with E-state index in [1.54, 1.807) is 0 Å². The average molecular weight is 290 g/mol.